The van der Waals surface area contributed by atoms with E-state index in [2.05, 4.69) is 83.2 Å². The van der Waals surface area contributed by atoms with E-state index in [1.807, 2.05) is 0 Å². The van der Waals surface area contributed by atoms with E-state index in [0.29, 0.717) is 6.04 Å². The fourth-order valence-corrected chi connectivity index (χ4v) is 6.69. The molecule has 0 radical (unpaired) electrons. The van der Waals surface area contributed by atoms with Crippen LogP contribution in [0.3, 0.4) is 0 Å². The van der Waals surface area contributed by atoms with Crippen LogP contribution in [0, 0.1) is 0 Å². The summed E-state index contributed by atoms with van der Waals surface area (Å²) < 4.78 is 0. The molecule has 2 heterocycles. The van der Waals surface area contributed by atoms with Gasteiger partial charge in [-0.2, -0.15) is 0 Å². The van der Waals surface area contributed by atoms with Gasteiger partial charge in [0.15, 0.2) is 0 Å². The van der Waals surface area contributed by atoms with Gasteiger partial charge in [0.05, 0.1) is 0 Å². The lowest BCUT2D eigenvalue weighted by molar-refractivity contribution is 0.0681. The summed E-state index contributed by atoms with van der Waals surface area (Å²) >= 11 is 0. The molecule has 0 aromatic heterocycles. The van der Waals surface area contributed by atoms with Gasteiger partial charge in [0.1, 0.15) is 0 Å². The molecule has 2 fully saturated rings. The predicted molar refractivity (Wildman–Crippen MR) is 132 cm³/mol. The van der Waals surface area contributed by atoms with Crippen molar-refractivity contribution in [1.29, 1.82) is 0 Å². The molecule has 178 valence electrons. The fraction of sp³-hybridized carbons (Fsp3) is 1.00. The van der Waals surface area contributed by atoms with E-state index >= 15 is 0 Å². The lowest BCUT2D eigenvalue weighted by atomic mass is 9.79. The van der Waals surface area contributed by atoms with Crippen molar-refractivity contribution in [2.24, 2.45) is 0 Å². The standard InChI is InChI=1S/C26H54N4/c1-10-30(22-19-25(6,7)29-26(8,9)20-22)16-14-12-11-13-15-27-21-17-23(2,3)28-24(4,5)18-21/h21-22,27-29H,10-20H2,1-9H3. The molecule has 2 aliphatic rings. The maximum Gasteiger partial charge on any atom is 0.0145 e. The number of hydrogen-bond donors (Lipinski definition) is 3. The average Bonchev–Trinajstić information content (AvgIpc) is 2.51. The van der Waals surface area contributed by atoms with Crippen LogP contribution in [0.25, 0.3) is 0 Å². The molecule has 2 aliphatic heterocycles. The van der Waals surface area contributed by atoms with Crippen LogP contribution in [0.1, 0.15) is 114 Å². The molecule has 0 spiro atoms. The van der Waals surface area contributed by atoms with Gasteiger partial charge in [0.25, 0.3) is 0 Å². The molecule has 3 N–H and O–H groups in total. The van der Waals surface area contributed by atoms with Gasteiger partial charge in [0.2, 0.25) is 0 Å². The second-order valence-corrected chi connectivity index (χ2v) is 12.9. The van der Waals surface area contributed by atoms with E-state index in [1.54, 1.807) is 0 Å². The molecule has 0 atom stereocenters. The van der Waals surface area contributed by atoms with Gasteiger partial charge in [-0.05, 0) is 114 Å². The van der Waals surface area contributed by atoms with Crippen molar-refractivity contribution < 1.29 is 0 Å². The van der Waals surface area contributed by atoms with Gasteiger partial charge in [-0.3, -0.25) is 0 Å². The molecule has 4 nitrogen and oxygen atoms in total. The SMILES string of the molecule is CCN(CCCCCCNC1CC(C)(C)NC(C)(C)C1)C1CC(C)(C)NC(C)(C)C1. The maximum atomic E-state index is 3.86. The summed E-state index contributed by atoms with van der Waals surface area (Å²) in [6.45, 7) is 24.8. The number of unbranched alkanes of at least 4 members (excludes halogenated alkanes) is 3. The smallest absolute Gasteiger partial charge is 0.0145 e. The van der Waals surface area contributed by atoms with Crippen LogP contribution in [0.4, 0.5) is 0 Å². The van der Waals surface area contributed by atoms with Crippen LogP contribution in [0.5, 0.6) is 0 Å². The third-order valence-corrected chi connectivity index (χ3v) is 7.09. The van der Waals surface area contributed by atoms with Crippen molar-refractivity contribution >= 4 is 0 Å². The first-order valence-corrected chi connectivity index (χ1v) is 12.8. The highest BCUT2D eigenvalue weighted by atomic mass is 15.2. The topological polar surface area (TPSA) is 39.3 Å². The maximum absolute atomic E-state index is 3.86. The van der Waals surface area contributed by atoms with E-state index in [-0.39, 0.29) is 22.2 Å². The van der Waals surface area contributed by atoms with Crippen LogP contribution in [0.15, 0.2) is 0 Å². The lowest BCUT2D eigenvalue weighted by Gasteiger charge is -2.49. The molecule has 0 aromatic rings. The molecule has 0 amide bonds. The zero-order valence-electron chi connectivity index (χ0n) is 21.9. The number of nitrogens with one attached hydrogen (secondary N) is 3. The minimum absolute atomic E-state index is 0.237. The fourth-order valence-electron chi connectivity index (χ4n) is 6.69. The van der Waals surface area contributed by atoms with Crippen molar-refractivity contribution in [2.45, 2.75) is 148 Å². The number of piperidine rings is 2. The minimum Gasteiger partial charge on any atom is -0.314 e. The van der Waals surface area contributed by atoms with Crippen molar-refractivity contribution in [3.05, 3.63) is 0 Å². The van der Waals surface area contributed by atoms with Crippen LogP contribution in [-0.2, 0) is 0 Å². The number of rotatable bonds is 10. The second-order valence-electron chi connectivity index (χ2n) is 12.9. The monoisotopic (exact) mass is 422 g/mol. The first-order valence-electron chi connectivity index (χ1n) is 12.8. The molecule has 4 heteroatoms. The molecular weight excluding hydrogens is 368 g/mol. The Balaban J connectivity index is 1.64. The quantitative estimate of drug-likeness (QED) is 0.430. The third-order valence-electron chi connectivity index (χ3n) is 7.09. The largest absolute Gasteiger partial charge is 0.314 e. The summed E-state index contributed by atoms with van der Waals surface area (Å²) in [6.07, 6.45) is 10.3. The highest BCUT2D eigenvalue weighted by Gasteiger charge is 2.39. The first-order chi connectivity index (χ1) is 13.7. The van der Waals surface area contributed by atoms with E-state index < -0.39 is 0 Å². The molecule has 2 saturated heterocycles. The molecule has 2 rings (SSSR count). The number of hydrogen-bond acceptors (Lipinski definition) is 4. The molecular formula is C26H54N4. The summed E-state index contributed by atoms with van der Waals surface area (Å²) in [4.78, 5) is 2.75. The van der Waals surface area contributed by atoms with Crippen LogP contribution >= 0.6 is 0 Å². The Labute approximate surface area is 188 Å². The van der Waals surface area contributed by atoms with Gasteiger partial charge in [0, 0.05) is 34.2 Å². The van der Waals surface area contributed by atoms with E-state index in [1.165, 1.54) is 71.0 Å². The Hall–Kier alpha value is -0.160. The highest BCUT2D eigenvalue weighted by molar-refractivity contribution is 5.00. The van der Waals surface area contributed by atoms with Gasteiger partial charge < -0.3 is 20.9 Å². The number of nitrogens with zero attached hydrogens (tertiary/aromatic N) is 1. The first kappa shape index (κ1) is 26.1. The van der Waals surface area contributed by atoms with Crippen molar-refractivity contribution in [1.82, 2.24) is 20.9 Å². The minimum atomic E-state index is 0.237. The van der Waals surface area contributed by atoms with Gasteiger partial charge in [-0.15, -0.1) is 0 Å². The van der Waals surface area contributed by atoms with Crippen LogP contribution < -0.4 is 16.0 Å². The normalized spacial score (nSPS) is 26.2. The Morgan fingerprint density at radius 3 is 1.67 bits per heavy atom. The van der Waals surface area contributed by atoms with E-state index in [9.17, 15) is 0 Å². The predicted octanol–water partition coefficient (Wildman–Crippen LogP) is 5.08. The van der Waals surface area contributed by atoms with E-state index in [0.717, 1.165) is 6.04 Å². The average molecular weight is 423 g/mol. The van der Waals surface area contributed by atoms with Crippen molar-refractivity contribution in [2.75, 3.05) is 19.6 Å². The van der Waals surface area contributed by atoms with Crippen molar-refractivity contribution in [3.8, 4) is 0 Å². The molecule has 0 bridgehead atoms. The van der Waals surface area contributed by atoms with Crippen LogP contribution in [0.2, 0.25) is 0 Å². The van der Waals surface area contributed by atoms with Crippen molar-refractivity contribution in [3.63, 3.8) is 0 Å². The summed E-state index contributed by atoms with van der Waals surface area (Å²) in [5.41, 5.74) is 0.953. The summed E-state index contributed by atoms with van der Waals surface area (Å²) in [5, 5.41) is 11.5. The zero-order chi connectivity index (χ0) is 22.6. The summed E-state index contributed by atoms with van der Waals surface area (Å²) in [7, 11) is 0. The third kappa shape index (κ3) is 8.76. The van der Waals surface area contributed by atoms with Gasteiger partial charge >= 0.3 is 0 Å². The molecule has 0 unspecified atom stereocenters. The molecule has 0 aromatic carbocycles. The lowest BCUT2D eigenvalue weighted by Crippen LogP contribution is -2.62. The van der Waals surface area contributed by atoms with E-state index in [4.69, 9.17) is 0 Å². The Kier molecular flexibility index (Phi) is 8.86. The Bertz CT molecular complexity index is 491. The highest BCUT2D eigenvalue weighted by Crippen LogP contribution is 2.32. The Morgan fingerprint density at radius 1 is 0.700 bits per heavy atom. The van der Waals surface area contributed by atoms with Gasteiger partial charge in [-0.25, -0.2) is 0 Å². The molecule has 0 saturated carbocycles. The van der Waals surface area contributed by atoms with Crippen LogP contribution in [-0.4, -0.2) is 58.8 Å². The van der Waals surface area contributed by atoms with Gasteiger partial charge in [-0.1, -0.05) is 19.8 Å². The molecule has 0 aliphatic carbocycles. The zero-order valence-corrected chi connectivity index (χ0v) is 21.9. The second kappa shape index (κ2) is 10.2. The summed E-state index contributed by atoms with van der Waals surface area (Å²) in [5.74, 6) is 0. The Morgan fingerprint density at radius 2 is 1.17 bits per heavy atom. The summed E-state index contributed by atoms with van der Waals surface area (Å²) in [6, 6.07) is 1.37. The molecule has 30 heavy (non-hydrogen) atoms.